The molecule has 0 unspecified atom stereocenters. The summed E-state index contributed by atoms with van der Waals surface area (Å²) in [6.45, 7) is 7.39. The highest BCUT2D eigenvalue weighted by Gasteiger charge is 2.15. The molecule has 3 N–H and O–H groups in total. The molecular formula is C20H30N6O2. The largest absolute Gasteiger partial charge is 0.444 e. The summed E-state index contributed by atoms with van der Waals surface area (Å²) in [4.78, 5) is 15.8. The lowest BCUT2D eigenvalue weighted by Gasteiger charge is -2.19. The van der Waals surface area contributed by atoms with Gasteiger partial charge in [0.25, 0.3) is 0 Å². The standard InChI is InChI=1S/C20H30N6O2/c1-20(2,3)28-19(27)23-11-6-10-22-18(21-4)24-15-16-8-5-9-17(14-16)26-13-7-12-25-26/h5,7-9,12-14H,6,10-11,15H2,1-4H3,(H,23,27)(H2,21,22,24). The number of hydrogen-bond acceptors (Lipinski definition) is 4. The molecule has 0 atom stereocenters. The molecule has 0 radical (unpaired) electrons. The maximum atomic E-state index is 11.6. The minimum atomic E-state index is -0.483. The van der Waals surface area contributed by atoms with Gasteiger partial charge < -0.3 is 20.7 Å². The van der Waals surface area contributed by atoms with Gasteiger partial charge in [0.2, 0.25) is 0 Å². The van der Waals surface area contributed by atoms with Gasteiger partial charge in [-0.05, 0) is 51.0 Å². The SMILES string of the molecule is CN=C(NCCCNC(=O)OC(C)(C)C)NCc1cccc(-n2cccn2)c1. The molecule has 0 saturated carbocycles. The van der Waals surface area contributed by atoms with Crippen molar-refractivity contribution in [1.29, 1.82) is 0 Å². The van der Waals surface area contributed by atoms with Gasteiger partial charge in [-0.1, -0.05) is 12.1 Å². The van der Waals surface area contributed by atoms with Crippen LogP contribution in [0.25, 0.3) is 5.69 Å². The summed E-state index contributed by atoms with van der Waals surface area (Å²) < 4.78 is 7.03. The summed E-state index contributed by atoms with van der Waals surface area (Å²) in [7, 11) is 1.73. The molecule has 1 amide bonds. The summed E-state index contributed by atoms with van der Waals surface area (Å²) in [5, 5.41) is 13.5. The molecule has 2 rings (SSSR count). The number of rotatable bonds is 7. The Hall–Kier alpha value is -3.03. The van der Waals surface area contributed by atoms with E-state index in [4.69, 9.17) is 4.74 Å². The van der Waals surface area contributed by atoms with Gasteiger partial charge in [0.15, 0.2) is 5.96 Å². The maximum Gasteiger partial charge on any atom is 0.407 e. The number of amides is 1. The second-order valence-electron chi connectivity index (χ2n) is 7.26. The average Bonchev–Trinajstić information content (AvgIpc) is 3.17. The van der Waals surface area contributed by atoms with Crippen LogP contribution in [-0.4, -0.2) is 47.6 Å². The van der Waals surface area contributed by atoms with Crippen LogP contribution in [0.5, 0.6) is 0 Å². The van der Waals surface area contributed by atoms with Crippen molar-refractivity contribution >= 4 is 12.1 Å². The molecule has 1 heterocycles. The quantitative estimate of drug-likeness (QED) is 0.386. The van der Waals surface area contributed by atoms with E-state index in [0.29, 0.717) is 25.6 Å². The third kappa shape index (κ3) is 7.69. The van der Waals surface area contributed by atoms with Gasteiger partial charge in [0, 0.05) is 39.1 Å². The van der Waals surface area contributed by atoms with E-state index in [0.717, 1.165) is 17.7 Å². The molecule has 28 heavy (non-hydrogen) atoms. The number of nitrogens with zero attached hydrogens (tertiary/aromatic N) is 3. The van der Waals surface area contributed by atoms with Gasteiger partial charge in [-0.15, -0.1) is 0 Å². The molecule has 0 bridgehead atoms. The van der Waals surface area contributed by atoms with Crippen molar-refractivity contribution in [1.82, 2.24) is 25.7 Å². The lowest BCUT2D eigenvalue weighted by Crippen LogP contribution is -2.39. The van der Waals surface area contributed by atoms with E-state index in [1.54, 1.807) is 13.2 Å². The van der Waals surface area contributed by atoms with Crippen molar-refractivity contribution in [2.24, 2.45) is 4.99 Å². The maximum absolute atomic E-state index is 11.6. The first kappa shape index (κ1) is 21.3. The first-order chi connectivity index (χ1) is 13.4. The molecule has 1 aromatic carbocycles. The number of carbonyl (C=O) groups excluding carboxylic acids is 1. The van der Waals surface area contributed by atoms with Gasteiger partial charge in [-0.2, -0.15) is 5.10 Å². The molecule has 8 heteroatoms. The molecule has 0 aliphatic carbocycles. The van der Waals surface area contributed by atoms with Crippen molar-refractivity contribution in [3.63, 3.8) is 0 Å². The summed E-state index contributed by atoms with van der Waals surface area (Å²) in [5.41, 5.74) is 1.66. The third-order valence-electron chi connectivity index (χ3n) is 3.68. The number of hydrogen-bond donors (Lipinski definition) is 3. The number of aromatic nitrogens is 2. The summed E-state index contributed by atoms with van der Waals surface area (Å²) in [5.74, 6) is 0.710. The summed E-state index contributed by atoms with van der Waals surface area (Å²) >= 11 is 0. The number of ether oxygens (including phenoxy) is 1. The molecule has 8 nitrogen and oxygen atoms in total. The molecule has 0 spiro atoms. The van der Waals surface area contributed by atoms with Crippen molar-refractivity contribution < 1.29 is 9.53 Å². The third-order valence-corrected chi connectivity index (χ3v) is 3.68. The highest BCUT2D eigenvalue weighted by Crippen LogP contribution is 2.09. The lowest BCUT2D eigenvalue weighted by atomic mass is 10.2. The predicted octanol–water partition coefficient (Wildman–Crippen LogP) is 2.45. The first-order valence-electron chi connectivity index (χ1n) is 9.38. The van der Waals surface area contributed by atoms with Crippen LogP contribution in [0.4, 0.5) is 4.79 Å². The zero-order valence-electron chi connectivity index (χ0n) is 17.0. The second-order valence-corrected chi connectivity index (χ2v) is 7.26. The van der Waals surface area contributed by atoms with Crippen molar-refractivity contribution in [2.75, 3.05) is 20.1 Å². The fraction of sp³-hybridized carbons (Fsp3) is 0.450. The average molecular weight is 387 g/mol. The molecule has 0 aliphatic heterocycles. The van der Waals surface area contributed by atoms with E-state index in [-0.39, 0.29) is 0 Å². The van der Waals surface area contributed by atoms with Crippen LogP contribution in [-0.2, 0) is 11.3 Å². The van der Waals surface area contributed by atoms with E-state index in [1.165, 1.54) is 0 Å². The topological polar surface area (TPSA) is 92.6 Å². The molecule has 2 aromatic rings. The minimum Gasteiger partial charge on any atom is -0.444 e. The number of nitrogens with one attached hydrogen (secondary N) is 3. The van der Waals surface area contributed by atoms with Crippen LogP contribution < -0.4 is 16.0 Å². The van der Waals surface area contributed by atoms with Gasteiger partial charge in [0.05, 0.1) is 5.69 Å². The van der Waals surface area contributed by atoms with E-state index in [2.05, 4.69) is 38.2 Å². The fourth-order valence-corrected chi connectivity index (χ4v) is 2.44. The first-order valence-corrected chi connectivity index (χ1v) is 9.38. The van der Waals surface area contributed by atoms with Crippen LogP contribution in [0.15, 0.2) is 47.7 Å². The minimum absolute atomic E-state index is 0.396. The Morgan fingerprint density at radius 1 is 1.18 bits per heavy atom. The van der Waals surface area contributed by atoms with Crippen LogP contribution >= 0.6 is 0 Å². The number of benzene rings is 1. The number of alkyl carbamates (subject to hydrolysis) is 1. The molecular weight excluding hydrogens is 356 g/mol. The van der Waals surface area contributed by atoms with Gasteiger partial charge in [0.1, 0.15) is 5.60 Å². The molecule has 1 aromatic heterocycles. The van der Waals surface area contributed by atoms with Crippen molar-refractivity contribution in [3.05, 3.63) is 48.3 Å². The fourth-order valence-electron chi connectivity index (χ4n) is 2.44. The number of guanidine groups is 1. The van der Waals surface area contributed by atoms with E-state index in [1.807, 2.05) is 49.8 Å². The lowest BCUT2D eigenvalue weighted by molar-refractivity contribution is 0.0527. The zero-order valence-corrected chi connectivity index (χ0v) is 17.0. The van der Waals surface area contributed by atoms with E-state index < -0.39 is 11.7 Å². The molecule has 0 fully saturated rings. The normalized spacial score (nSPS) is 11.8. The highest BCUT2D eigenvalue weighted by molar-refractivity contribution is 5.79. The van der Waals surface area contributed by atoms with E-state index >= 15 is 0 Å². The molecule has 0 aliphatic rings. The van der Waals surface area contributed by atoms with Gasteiger partial charge >= 0.3 is 6.09 Å². The van der Waals surface area contributed by atoms with Crippen LogP contribution in [0.2, 0.25) is 0 Å². The van der Waals surface area contributed by atoms with Crippen LogP contribution in [0.3, 0.4) is 0 Å². The van der Waals surface area contributed by atoms with Crippen molar-refractivity contribution in [3.8, 4) is 5.69 Å². The van der Waals surface area contributed by atoms with Gasteiger partial charge in [-0.3, -0.25) is 4.99 Å². The Balaban J connectivity index is 1.69. The Labute approximate surface area is 166 Å². The predicted molar refractivity (Wildman–Crippen MR) is 111 cm³/mol. The summed E-state index contributed by atoms with van der Waals surface area (Å²) in [6, 6.07) is 10.1. The van der Waals surface area contributed by atoms with Crippen LogP contribution in [0.1, 0.15) is 32.8 Å². The Bertz CT molecular complexity index is 765. The number of aliphatic imine (C=N–C) groups is 1. The molecule has 0 saturated heterocycles. The Kier molecular flexibility index (Phi) is 7.86. The number of carbonyl (C=O) groups is 1. The van der Waals surface area contributed by atoms with E-state index in [9.17, 15) is 4.79 Å². The smallest absolute Gasteiger partial charge is 0.407 e. The van der Waals surface area contributed by atoms with Crippen LogP contribution in [0, 0.1) is 0 Å². The van der Waals surface area contributed by atoms with Gasteiger partial charge in [-0.25, -0.2) is 9.48 Å². The molecule has 152 valence electrons. The Morgan fingerprint density at radius 2 is 1.96 bits per heavy atom. The monoisotopic (exact) mass is 386 g/mol. The highest BCUT2D eigenvalue weighted by atomic mass is 16.6. The zero-order chi connectivity index (χ0) is 20.4. The Morgan fingerprint density at radius 3 is 2.64 bits per heavy atom. The summed E-state index contributed by atoms with van der Waals surface area (Å²) in [6.07, 6.45) is 4.04. The second kappa shape index (κ2) is 10.3. The van der Waals surface area contributed by atoms with Crippen molar-refractivity contribution in [2.45, 2.75) is 39.3 Å².